The maximum absolute atomic E-state index is 12.5. The van der Waals surface area contributed by atoms with Gasteiger partial charge in [-0.05, 0) is 36.4 Å². The molecule has 3 rings (SSSR count). The molecular formula is C19H18N2O2. The Bertz CT molecular complexity index is 696. The number of amides is 1. The Labute approximate surface area is 135 Å². The molecule has 1 amide bonds. The Balaban J connectivity index is 1.56. The molecule has 0 radical (unpaired) electrons. The molecule has 1 heterocycles. The van der Waals surface area contributed by atoms with Gasteiger partial charge in [0.05, 0.1) is 11.6 Å². The molecule has 0 unspecified atom stereocenters. The molecule has 0 saturated carbocycles. The number of nitrogens with zero attached hydrogens (tertiary/aromatic N) is 2. The monoisotopic (exact) mass is 306 g/mol. The first-order chi connectivity index (χ1) is 11.3. The van der Waals surface area contributed by atoms with Crippen LogP contribution in [0.1, 0.15) is 28.8 Å². The average molecular weight is 306 g/mol. The highest BCUT2D eigenvalue weighted by molar-refractivity contribution is 5.94. The van der Waals surface area contributed by atoms with E-state index in [-0.39, 0.29) is 12.0 Å². The van der Waals surface area contributed by atoms with E-state index in [0.29, 0.717) is 24.2 Å². The van der Waals surface area contributed by atoms with Gasteiger partial charge in [0.1, 0.15) is 11.9 Å². The molecular weight excluding hydrogens is 288 g/mol. The summed E-state index contributed by atoms with van der Waals surface area (Å²) in [7, 11) is 0. The van der Waals surface area contributed by atoms with Crippen LogP contribution in [0.15, 0.2) is 54.6 Å². The third kappa shape index (κ3) is 3.70. The number of hydrogen-bond acceptors (Lipinski definition) is 3. The van der Waals surface area contributed by atoms with Gasteiger partial charge in [-0.25, -0.2) is 0 Å². The van der Waals surface area contributed by atoms with Crippen LogP contribution in [0, 0.1) is 11.3 Å². The number of para-hydroxylation sites is 1. The van der Waals surface area contributed by atoms with E-state index in [1.165, 1.54) is 0 Å². The van der Waals surface area contributed by atoms with Gasteiger partial charge >= 0.3 is 0 Å². The second-order valence-electron chi connectivity index (χ2n) is 5.61. The van der Waals surface area contributed by atoms with E-state index in [1.807, 2.05) is 35.2 Å². The highest BCUT2D eigenvalue weighted by atomic mass is 16.5. The minimum Gasteiger partial charge on any atom is -0.490 e. The van der Waals surface area contributed by atoms with Crippen LogP contribution in [0.25, 0.3) is 0 Å². The number of carbonyl (C=O) groups is 1. The molecule has 0 N–H and O–H groups in total. The number of hydrogen-bond donors (Lipinski definition) is 0. The van der Waals surface area contributed by atoms with Crippen molar-refractivity contribution in [1.82, 2.24) is 4.90 Å². The third-order valence-corrected chi connectivity index (χ3v) is 4.04. The van der Waals surface area contributed by atoms with Gasteiger partial charge in [-0.2, -0.15) is 5.26 Å². The van der Waals surface area contributed by atoms with Crippen molar-refractivity contribution in [3.8, 4) is 11.8 Å². The van der Waals surface area contributed by atoms with Crippen LogP contribution in [0.4, 0.5) is 0 Å². The van der Waals surface area contributed by atoms with Crippen LogP contribution < -0.4 is 4.74 Å². The third-order valence-electron chi connectivity index (χ3n) is 4.04. The standard InChI is InChI=1S/C19H18N2O2/c20-14-15-6-8-16(9-7-15)19(22)21-12-10-18(11-13-21)23-17-4-2-1-3-5-17/h1-9,18H,10-13H2. The van der Waals surface area contributed by atoms with E-state index in [9.17, 15) is 4.79 Å². The predicted octanol–water partition coefficient (Wildman–Crippen LogP) is 3.24. The Kier molecular flexibility index (Phi) is 4.58. The van der Waals surface area contributed by atoms with Gasteiger partial charge in [0, 0.05) is 31.5 Å². The lowest BCUT2D eigenvalue weighted by molar-refractivity contribution is 0.0595. The maximum atomic E-state index is 12.5. The fraction of sp³-hybridized carbons (Fsp3) is 0.263. The van der Waals surface area contributed by atoms with E-state index >= 15 is 0 Å². The second-order valence-corrected chi connectivity index (χ2v) is 5.61. The quantitative estimate of drug-likeness (QED) is 0.874. The average Bonchev–Trinajstić information content (AvgIpc) is 2.63. The molecule has 4 heteroatoms. The lowest BCUT2D eigenvalue weighted by Gasteiger charge is -2.32. The van der Waals surface area contributed by atoms with Gasteiger partial charge in [-0.1, -0.05) is 18.2 Å². The number of carbonyl (C=O) groups excluding carboxylic acids is 1. The van der Waals surface area contributed by atoms with Gasteiger partial charge in [-0.3, -0.25) is 4.79 Å². The zero-order chi connectivity index (χ0) is 16.1. The molecule has 2 aromatic carbocycles. The van der Waals surface area contributed by atoms with E-state index < -0.39 is 0 Å². The molecule has 0 bridgehead atoms. The molecule has 1 saturated heterocycles. The number of ether oxygens (including phenoxy) is 1. The fourth-order valence-electron chi connectivity index (χ4n) is 2.74. The van der Waals surface area contributed by atoms with Crippen LogP contribution >= 0.6 is 0 Å². The summed E-state index contributed by atoms with van der Waals surface area (Å²) in [5.41, 5.74) is 1.20. The van der Waals surface area contributed by atoms with E-state index in [4.69, 9.17) is 10.00 Å². The molecule has 23 heavy (non-hydrogen) atoms. The lowest BCUT2D eigenvalue weighted by atomic mass is 10.1. The first-order valence-electron chi connectivity index (χ1n) is 7.77. The van der Waals surface area contributed by atoms with Crippen molar-refractivity contribution >= 4 is 5.91 Å². The van der Waals surface area contributed by atoms with Gasteiger partial charge in [-0.15, -0.1) is 0 Å². The first kappa shape index (κ1) is 15.1. The lowest BCUT2D eigenvalue weighted by Crippen LogP contribution is -2.41. The number of piperidine rings is 1. The summed E-state index contributed by atoms with van der Waals surface area (Å²) in [5, 5.41) is 8.81. The zero-order valence-electron chi connectivity index (χ0n) is 12.8. The summed E-state index contributed by atoms with van der Waals surface area (Å²) in [5.74, 6) is 0.900. The van der Waals surface area contributed by atoms with Gasteiger partial charge in [0.25, 0.3) is 5.91 Å². The van der Waals surface area contributed by atoms with Gasteiger partial charge in [0.15, 0.2) is 0 Å². The highest BCUT2D eigenvalue weighted by Crippen LogP contribution is 2.20. The largest absolute Gasteiger partial charge is 0.490 e. The van der Waals surface area contributed by atoms with Crippen molar-refractivity contribution in [2.45, 2.75) is 18.9 Å². The zero-order valence-corrected chi connectivity index (χ0v) is 12.8. The van der Waals surface area contributed by atoms with Crippen molar-refractivity contribution in [1.29, 1.82) is 5.26 Å². The summed E-state index contributed by atoms with van der Waals surface area (Å²) in [6.45, 7) is 1.38. The van der Waals surface area contributed by atoms with Crippen molar-refractivity contribution in [2.75, 3.05) is 13.1 Å². The maximum Gasteiger partial charge on any atom is 0.253 e. The highest BCUT2D eigenvalue weighted by Gasteiger charge is 2.24. The second kappa shape index (κ2) is 6.97. The molecule has 1 aliphatic heterocycles. The molecule has 0 atom stereocenters. The van der Waals surface area contributed by atoms with Crippen LogP contribution in [0.5, 0.6) is 5.75 Å². The van der Waals surface area contributed by atoms with Crippen molar-refractivity contribution in [3.63, 3.8) is 0 Å². The van der Waals surface area contributed by atoms with Gasteiger partial charge in [0.2, 0.25) is 0 Å². The van der Waals surface area contributed by atoms with Crippen molar-refractivity contribution in [2.24, 2.45) is 0 Å². The van der Waals surface area contributed by atoms with Crippen LogP contribution in [-0.4, -0.2) is 30.0 Å². The Hall–Kier alpha value is -2.80. The van der Waals surface area contributed by atoms with Crippen LogP contribution in [-0.2, 0) is 0 Å². The Morgan fingerprint density at radius 3 is 2.30 bits per heavy atom. The number of benzene rings is 2. The topological polar surface area (TPSA) is 53.3 Å². The molecule has 116 valence electrons. The molecule has 0 aliphatic carbocycles. The van der Waals surface area contributed by atoms with E-state index in [2.05, 4.69) is 6.07 Å². The summed E-state index contributed by atoms with van der Waals surface area (Å²) in [6, 6.07) is 18.6. The molecule has 4 nitrogen and oxygen atoms in total. The minimum atomic E-state index is 0.0210. The normalized spacial score (nSPS) is 15.0. The Morgan fingerprint density at radius 2 is 1.70 bits per heavy atom. The first-order valence-corrected chi connectivity index (χ1v) is 7.77. The molecule has 0 aromatic heterocycles. The number of likely N-dealkylation sites (tertiary alicyclic amines) is 1. The molecule has 0 spiro atoms. The fourth-order valence-corrected chi connectivity index (χ4v) is 2.74. The summed E-state index contributed by atoms with van der Waals surface area (Å²) in [6.07, 6.45) is 1.82. The summed E-state index contributed by atoms with van der Waals surface area (Å²) in [4.78, 5) is 14.3. The van der Waals surface area contributed by atoms with Crippen molar-refractivity contribution in [3.05, 3.63) is 65.7 Å². The molecule has 2 aromatic rings. The summed E-state index contributed by atoms with van der Waals surface area (Å²) >= 11 is 0. The van der Waals surface area contributed by atoms with Gasteiger partial charge < -0.3 is 9.64 Å². The smallest absolute Gasteiger partial charge is 0.253 e. The Morgan fingerprint density at radius 1 is 1.04 bits per heavy atom. The minimum absolute atomic E-state index is 0.0210. The van der Waals surface area contributed by atoms with E-state index in [1.54, 1.807) is 24.3 Å². The SMILES string of the molecule is N#Cc1ccc(C(=O)N2CCC(Oc3ccccc3)CC2)cc1. The number of nitriles is 1. The molecule has 1 fully saturated rings. The van der Waals surface area contributed by atoms with Crippen molar-refractivity contribution < 1.29 is 9.53 Å². The van der Waals surface area contributed by atoms with Crippen LogP contribution in [0.2, 0.25) is 0 Å². The van der Waals surface area contributed by atoms with E-state index in [0.717, 1.165) is 18.6 Å². The summed E-state index contributed by atoms with van der Waals surface area (Å²) < 4.78 is 5.95. The molecule has 1 aliphatic rings. The van der Waals surface area contributed by atoms with Crippen LogP contribution in [0.3, 0.4) is 0 Å². The number of rotatable bonds is 3. The predicted molar refractivity (Wildman–Crippen MR) is 87.2 cm³/mol.